The highest BCUT2D eigenvalue weighted by molar-refractivity contribution is 6.10. The van der Waals surface area contributed by atoms with E-state index in [0.717, 1.165) is 90.5 Å². The molecule has 1 saturated heterocycles. The molecule has 3 aliphatic rings. The fraction of sp³-hybridized carbons (Fsp3) is 0.389. The molecule has 1 amide bonds. The number of fused-ring (bicyclic) bond motifs is 2. The molecule has 228 valence electrons. The number of hydrogen-bond donors (Lipinski definition) is 0. The van der Waals surface area contributed by atoms with Crippen molar-refractivity contribution in [3.8, 4) is 34.3 Å². The van der Waals surface area contributed by atoms with Crippen LogP contribution in [0.1, 0.15) is 50.2 Å². The van der Waals surface area contributed by atoms with Crippen LogP contribution in [0.15, 0.2) is 72.8 Å². The summed E-state index contributed by atoms with van der Waals surface area (Å²) in [6.45, 7) is 4.98. The Labute approximate surface area is 259 Å². The normalized spacial score (nSPS) is 17.9. The molecule has 8 nitrogen and oxygen atoms in total. The van der Waals surface area contributed by atoms with E-state index in [-0.39, 0.29) is 12.0 Å². The van der Waals surface area contributed by atoms with E-state index in [2.05, 4.69) is 24.1 Å². The lowest BCUT2D eigenvalue weighted by Crippen LogP contribution is -2.44. The fourth-order valence-electron chi connectivity index (χ4n) is 6.83. The second kappa shape index (κ2) is 11.7. The standard InChI is InChI=1S/C36H40N4O4/c1-4-43-33-23-31(37-40(33)27-9-6-5-7-10-27)26-21-30-34(32(22-26)44-29-15-19-38(2)20-16-29)39(35(41)36(30)17-8-18-36)24-25-11-13-28(42-3)14-12-25/h5-7,9-14,21-23,29H,4,8,15-20,24H2,1-3H3. The van der Waals surface area contributed by atoms with E-state index in [1.165, 1.54) is 0 Å². The molecule has 4 aromatic rings. The lowest BCUT2D eigenvalue weighted by molar-refractivity contribution is -0.126. The van der Waals surface area contributed by atoms with Crippen LogP contribution in [0.2, 0.25) is 0 Å². The maximum atomic E-state index is 14.4. The molecule has 1 saturated carbocycles. The second-order valence-corrected chi connectivity index (χ2v) is 12.2. The van der Waals surface area contributed by atoms with Gasteiger partial charge in [0.25, 0.3) is 0 Å². The van der Waals surface area contributed by atoms with Gasteiger partial charge < -0.3 is 24.0 Å². The highest BCUT2D eigenvalue weighted by atomic mass is 16.5. The number of amides is 1. The zero-order chi connectivity index (χ0) is 30.3. The lowest BCUT2D eigenvalue weighted by Gasteiger charge is -2.37. The zero-order valence-corrected chi connectivity index (χ0v) is 25.8. The molecule has 0 unspecified atom stereocenters. The van der Waals surface area contributed by atoms with Crippen LogP contribution in [0.25, 0.3) is 16.9 Å². The number of benzene rings is 3. The summed E-state index contributed by atoms with van der Waals surface area (Å²) in [7, 11) is 3.82. The molecule has 0 bridgehead atoms. The third kappa shape index (κ3) is 5.01. The topological polar surface area (TPSA) is 69.1 Å². The van der Waals surface area contributed by atoms with E-state index in [1.54, 1.807) is 7.11 Å². The molecule has 8 heteroatoms. The smallest absolute Gasteiger partial charge is 0.238 e. The van der Waals surface area contributed by atoms with Crippen LogP contribution in [-0.4, -0.2) is 60.5 Å². The van der Waals surface area contributed by atoms with Crippen LogP contribution in [0.3, 0.4) is 0 Å². The van der Waals surface area contributed by atoms with Gasteiger partial charge in [0.15, 0.2) is 0 Å². The number of anilines is 1. The number of piperidine rings is 1. The Bertz CT molecular complexity index is 1640. The molecule has 1 aromatic heterocycles. The first-order chi connectivity index (χ1) is 21.5. The summed E-state index contributed by atoms with van der Waals surface area (Å²) in [5.74, 6) is 2.42. The molecular formula is C36H40N4O4. The predicted octanol–water partition coefficient (Wildman–Crippen LogP) is 6.39. The van der Waals surface area contributed by atoms with Gasteiger partial charge in [-0.25, -0.2) is 4.68 Å². The number of aromatic nitrogens is 2. The third-order valence-corrected chi connectivity index (χ3v) is 9.45. The minimum absolute atomic E-state index is 0.0855. The van der Waals surface area contributed by atoms with Gasteiger partial charge in [0, 0.05) is 24.7 Å². The maximum Gasteiger partial charge on any atom is 0.238 e. The molecule has 0 N–H and O–H groups in total. The number of nitrogens with zero attached hydrogens (tertiary/aromatic N) is 4. The van der Waals surface area contributed by atoms with Crippen LogP contribution in [0.5, 0.6) is 17.4 Å². The Balaban J connectivity index is 1.35. The van der Waals surface area contributed by atoms with E-state index in [4.69, 9.17) is 19.3 Å². The second-order valence-electron chi connectivity index (χ2n) is 12.2. The van der Waals surface area contributed by atoms with Crippen molar-refractivity contribution in [2.45, 2.75) is 57.1 Å². The van der Waals surface area contributed by atoms with E-state index in [0.29, 0.717) is 19.0 Å². The number of hydrogen-bond acceptors (Lipinski definition) is 6. The summed E-state index contributed by atoms with van der Waals surface area (Å²) in [4.78, 5) is 18.7. The van der Waals surface area contributed by atoms with E-state index in [1.807, 2.05) is 77.2 Å². The third-order valence-electron chi connectivity index (χ3n) is 9.45. The molecule has 0 radical (unpaired) electrons. The van der Waals surface area contributed by atoms with Crippen molar-refractivity contribution in [1.82, 2.24) is 14.7 Å². The van der Waals surface area contributed by atoms with Crippen LogP contribution >= 0.6 is 0 Å². The fourth-order valence-corrected chi connectivity index (χ4v) is 6.83. The lowest BCUT2D eigenvalue weighted by atomic mass is 9.65. The van der Waals surface area contributed by atoms with E-state index in [9.17, 15) is 4.79 Å². The molecule has 2 aliphatic heterocycles. The predicted molar refractivity (Wildman–Crippen MR) is 171 cm³/mol. The molecular weight excluding hydrogens is 552 g/mol. The minimum Gasteiger partial charge on any atom is -0.497 e. The molecule has 3 heterocycles. The highest BCUT2D eigenvalue weighted by Gasteiger charge is 2.55. The monoisotopic (exact) mass is 592 g/mol. The van der Waals surface area contributed by atoms with Gasteiger partial charge in [-0.15, -0.1) is 0 Å². The molecule has 1 aliphatic carbocycles. The van der Waals surface area contributed by atoms with Crippen molar-refractivity contribution in [1.29, 1.82) is 0 Å². The number of carbonyl (C=O) groups is 1. The average Bonchev–Trinajstić information content (AvgIpc) is 3.56. The molecule has 0 atom stereocenters. The summed E-state index contributed by atoms with van der Waals surface area (Å²) >= 11 is 0. The Hall–Kier alpha value is -4.30. The molecule has 1 spiro atoms. The summed E-state index contributed by atoms with van der Waals surface area (Å²) in [5, 5.41) is 5.03. The number of likely N-dealkylation sites (tertiary alicyclic amines) is 1. The Morgan fingerprint density at radius 1 is 0.977 bits per heavy atom. The minimum atomic E-state index is -0.520. The number of methoxy groups -OCH3 is 1. The molecule has 7 rings (SSSR count). The SMILES string of the molecule is CCOc1cc(-c2cc(OC3CCN(C)CC3)c3c(c2)C2(CCC2)C(=O)N3Cc2ccc(OC)cc2)nn1-c1ccccc1. The summed E-state index contributed by atoms with van der Waals surface area (Å²) in [6, 6.07) is 24.3. The Kier molecular flexibility index (Phi) is 7.54. The number of ether oxygens (including phenoxy) is 3. The van der Waals surface area contributed by atoms with Crippen molar-refractivity contribution in [2.24, 2.45) is 0 Å². The van der Waals surface area contributed by atoms with Crippen LogP contribution in [-0.2, 0) is 16.8 Å². The number of para-hydroxylation sites is 1. The molecule has 2 fully saturated rings. The van der Waals surface area contributed by atoms with Crippen molar-refractivity contribution in [2.75, 3.05) is 38.8 Å². The van der Waals surface area contributed by atoms with Crippen molar-refractivity contribution < 1.29 is 19.0 Å². The summed E-state index contributed by atoms with van der Waals surface area (Å²) in [5.41, 5.74) is 5.18. The quantitative estimate of drug-likeness (QED) is 0.224. The van der Waals surface area contributed by atoms with Gasteiger partial charge in [-0.2, -0.15) is 5.10 Å². The number of rotatable bonds is 9. The van der Waals surface area contributed by atoms with Gasteiger partial charge in [0.1, 0.15) is 17.6 Å². The Morgan fingerprint density at radius 3 is 2.39 bits per heavy atom. The van der Waals surface area contributed by atoms with Crippen LogP contribution < -0.4 is 19.1 Å². The van der Waals surface area contributed by atoms with Crippen molar-refractivity contribution in [3.05, 3.63) is 83.9 Å². The Morgan fingerprint density at radius 2 is 1.73 bits per heavy atom. The van der Waals surface area contributed by atoms with Gasteiger partial charge in [-0.1, -0.05) is 36.8 Å². The van der Waals surface area contributed by atoms with Gasteiger partial charge in [0.05, 0.1) is 42.7 Å². The highest BCUT2D eigenvalue weighted by Crippen LogP contribution is 2.57. The first-order valence-corrected chi connectivity index (χ1v) is 15.8. The first kappa shape index (κ1) is 28.5. The van der Waals surface area contributed by atoms with Crippen molar-refractivity contribution >= 4 is 11.6 Å². The number of carbonyl (C=O) groups excluding carboxylic acids is 1. The first-order valence-electron chi connectivity index (χ1n) is 15.8. The van der Waals surface area contributed by atoms with Crippen LogP contribution in [0.4, 0.5) is 5.69 Å². The summed E-state index contributed by atoms with van der Waals surface area (Å²) < 4.78 is 20.1. The largest absolute Gasteiger partial charge is 0.497 e. The zero-order valence-electron chi connectivity index (χ0n) is 25.8. The molecule has 44 heavy (non-hydrogen) atoms. The summed E-state index contributed by atoms with van der Waals surface area (Å²) in [6.07, 6.45) is 4.71. The maximum absolute atomic E-state index is 14.4. The van der Waals surface area contributed by atoms with Crippen molar-refractivity contribution in [3.63, 3.8) is 0 Å². The van der Waals surface area contributed by atoms with Gasteiger partial charge in [0.2, 0.25) is 11.8 Å². The van der Waals surface area contributed by atoms with Gasteiger partial charge in [-0.3, -0.25) is 4.79 Å². The van der Waals surface area contributed by atoms with Gasteiger partial charge >= 0.3 is 0 Å². The van der Waals surface area contributed by atoms with E-state index >= 15 is 0 Å². The van der Waals surface area contributed by atoms with Crippen LogP contribution in [0, 0.1) is 0 Å². The molecule has 3 aromatic carbocycles. The average molecular weight is 593 g/mol. The van der Waals surface area contributed by atoms with E-state index < -0.39 is 5.41 Å². The van der Waals surface area contributed by atoms with Gasteiger partial charge in [-0.05, 0) is 87.2 Å².